The zero-order chi connectivity index (χ0) is 21.0. The maximum Gasteiger partial charge on any atom is 0.343 e. The zero-order valence-corrected chi connectivity index (χ0v) is 15.8. The number of ether oxygens (including phenoxy) is 2. The van der Waals surface area contributed by atoms with Crippen LogP contribution in [0, 0.1) is 0 Å². The number of rotatable bonds is 6. The number of methoxy groups -OCH3 is 2. The van der Waals surface area contributed by atoms with Gasteiger partial charge in [-0.3, -0.25) is 14.7 Å². The van der Waals surface area contributed by atoms with E-state index in [0.717, 1.165) is 18.9 Å². The highest BCUT2D eigenvalue weighted by Crippen LogP contribution is 2.37. The van der Waals surface area contributed by atoms with Crippen molar-refractivity contribution in [3.63, 3.8) is 0 Å². The van der Waals surface area contributed by atoms with Crippen molar-refractivity contribution >= 4 is 11.9 Å². The number of aromatic hydroxyl groups is 1. The quantitative estimate of drug-likeness (QED) is 0.541. The maximum atomic E-state index is 12.6. The number of esters is 2. The van der Waals surface area contributed by atoms with Gasteiger partial charge in [-0.05, 0) is 5.56 Å². The van der Waals surface area contributed by atoms with Gasteiger partial charge >= 0.3 is 11.9 Å². The van der Waals surface area contributed by atoms with Crippen molar-refractivity contribution in [2.45, 2.75) is 12.3 Å². The van der Waals surface area contributed by atoms with E-state index in [2.05, 4.69) is 19.9 Å². The highest BCUT2D eigenvalue weighted by molar-refractivity contribution is 5.92. The summed E-state index contributed by atoms with van der Waals surface area (Å²) >= 11 is 0. The number of benzene rings is 1. The van der Waals surface area contributed by atoms with Crippen LogP contribution in [0.15, 0.2) is 47.5 Å². The van der Waals surface area contributed by atoms with Crippen LogP contribution in [0.4, 0.5) is 0 Å². The second-order valence-corrected chi connectivity index (χ2v) is 6.18. The number of hydrogen-bond acceptors (Lipinski definition) is 7. The SMILES string of the molecule is COC(=O)C[C@H](c1cn[nH]c1-c1ccccc1)c1c(O)c(C(=O)OC)c[nH]c1=O. The lowest BCUT2D eigenvalue weighted by molar-refractivity contribution is -0.140. The van der Waals surface area contributed by atoms with E-state index in [1.807, 2.05) is 30.3 Å². The van der Waals surface area contributed by atoms with Gasteiger partial charge in [0, 0.05) is 17.7 Å². The molecule has 0 aliphatic rings. The molecule has 1 atom stereocenters. The fraction of sp³-hybridized carbons (Fsp3) is 0.200. The first-order valence-electron chi connectivity index (χ1n) is 8.66. The average molecular weight is 397 g/mol. The van der Waals surface area contributed by atoms with E-state index in [0.29, 0.717) is 11.3 Å². The number of nitrogens with one attached hydrogen (secondary N) is 2. The molecule has 9 nitrogen and oxygen atoms in total. The molecule has 3 aromatic rings. The van der Waals surface area contributed by atoms with Crippen LogP contribution in [0.2, 0.25) is 0 Å². The molecular weight excluding hydrogens is 378 g/mol. The van der Waals surface area contributed by atoms with Crippen LogP contribution in [0.1, 0.15) is 33.8 Å². The Kier molecular flexibility index (Phi) is 5.77. The van der Waals surface area contributed by atoms with E-state index in [9.17, 15) is 19.5 Å². The van der Waals surface area contributed by atoms with Crippen LogP contribution in [-0.2, 0) is 14.3 Å². The summed E-state index contributed by atoms with van der Waals surface area (Å²) in [5, 5.41) is 17.6. The van der Waals surface area contributed by atoms with Crippen LogP contribution in [-0.4, -0.2) is 46.4 Å². The Labute approximate surface area is 165 Å². The van der Waals surface area contributed by atoms with Crippen molar-refractivity contribution in [2.75, 3.05) is 14.2 Å². The Morgan fingerprint density at radius 3 is 2.55 bits per heavy atom. The molecule has 0 unspecified atom stereocenters. The summed E-state index contributed by atoms with van der Waals surface area (Å²) < 4.78 is 9.42. The number of hydrogen-bond donors (Lipinski definition) is 3. The minimum absolute atomic E-state index is 0.156. The van der Waals surface area contributed by atoms with Crippen LogP contribution >= 0.6 is 0 Å². The Morgan fingerprint density at radius 2 is 1.90 bits per heavy atom. The average Bonchev–Trinajstić information content (AvgIpc) is 3.22. The molecule has 2 aromatic heterocycles. The minimum Gasteiger partial charge on any atom is -0.506 e. The minimum atomic E-state index is -0.926. The predicted molar refractivity (Wildman–Crippen MR) is 103 cm³/mol. The fourth-order valence-corrected chi connectivity index (χ4v) is 3.14. The van der Waals surface area contributed by atoms with Gasteiger partial charge in [-0.2, -0.15) is 5.10 Å². The number of aromatic amines is 2. The first kappa shape index (κ1) is 19.9. The van der Waals surface area contributed by atoms with Gasteiger partial charge in [-0.1, -0.05) is 30.3 Å². The van der Waals surface area contributed by atoms with E-state index in [1.54, 1.807) is 0 Å². The number of carbonyl (C=O) groups excluding carboxylic acids is 2. The monoisotopic (exact) mass is 397 g/mol. The third kappa shape index (κ3) is 3.88. The molecule has 1 aromatic carbocycles. The first-order chi connectivity index (χ1) is 14.0. The van der Waals surface area contributed by atoms with E-state index < -0.39 is 29.2 Å². The highest BCUT2D eigenvalue weighted by Gasteiger charge is 2.30. The molecule has 9 heteroatoms. The van der Waals surface area contributed by atoms with Gasteiger partial charge in [0.15, 0.2) is 0 Å². The Hall–Kier alpha value is -3.88. The molecule has 0 saturated carbocycles. The number of aromatic nitrogens is 3. The molecule has 0 radical (unpaired) electrons. The van der Waals surface area contributed by atoms with Crippen LogP contribution in [0.25, 0.3) is 11.3 Å². The van der Waals surface area contributed by atoms with E-state index in [1.165, 1.54) is 13.3 Å². The molecule has 3 N–H and O–H groups in total. The zero-order valence-electron chi connectivity index (χ0n) is 15.8. The van der Waals surface area contributed by atoms with Crippen molar-refractivity contribution in [1.29, 1.82) is 0 Å². The van der Waals surface area contributed by atoms with Crippen molar-refractivity contribution in [2.24, 2.45) is 0 Å². The number of pyridine rings is 1. The standard InChI is InChI=1S/C20H19N3O6/c1-28-15(24)8-12(13-10-22-23-17(13)11-6-4-3-5-7-11)16-18(25)14(20(27)29-2)9-21-19(16)26/h3-7,9-10,12H,8H2,1-2H3,(H,22,23)(H2,21,25,26)/t12-/m1/s1. The molecule has 0 aliphatic carbocycles. The molecule has 0 bridgehead atoms. The maximum absolute atomic E-state index is 12.6. The Balaban J connectivity index is 2.22. The first-order valence-corrected chi connectivity index (χ1v) is 8.66. The fourth-order valence-electron chi connectivity index (χ4n) is 3.14. The topological polar surface area (TPSA) is 134 Å². The van der Waals surface area contributed by atoms with E-state index >= 15 is 0 Å². The van der Waals surface area contributed by atoms with Crippen LogP contribution in [0.5, 0.6) is 5.75 Å². The largest absolute Gasteiger partial charge is 0.506 e. The number of H-pyrrole nitrogens is 2. The predicted octanol–water partition coefficient (Wildman–Crippen LogP) is 1.95. The lowest BCUT2D eigenvalue weighted by Crippen LogP contribution is -2.22. The smallest absolute Gasteiger partial charge is 0.343 e. The molecule has 0 amide bonds. The van der Waals surface area contributed by atoms with Crippen LogP contribution in [0.3, 0.4) is 0 Å². The van der Waals surface area contributed by atoms with Gasteiger partial charge in [0.25, 0.3) is 5.56 Å². The molecule has 0 spiro atoms. The summed E-state index contributed by atoms with van der Waals surface area (Å²) in [5.41, 5.74) is 0.809. The molecule has 0 saturated heterocycles. The third-order valence-electron chi connectivity index (χ3n) is 4.56. The molecular formula is C20H19N3O6. The van der Waals surface area contributed by atoms with E-state index in [4.69, 9.17) is 4.74 Å². The van der Waals surface area contributed by atoms with Crippen LogP contribution < -0.4 is 5.56 Å². The molecule has 150 valence electrons. The second kappa shape index (κ2) is 8.42. The number of nitrogens with zero attached hydrogens (tertiary/aromatic N) is 1. The highest BCUT2D eigenvalue weighted by atomic mass is 16.5. The van der Waals surface area contributed by atoms with Gasteiger partial charge in [-0.15, -0.1) is 0 Å². The molecule has 2 heterocycles. The summed E-state index contributed by atoms with van der Waals surface area (Å²) in [6.45, 7) is 0. The summed E-state index contributed by atoms with van der Waals surface area (Å²) in [6, 6.07) is 9.18. The van der Waals surface area contributed by atoms with E-state index in [-0.39, 0.29) is 17.5 Å². The van der Waals surface area contributed by atoms with Crippen molar-refractivity contribution < 1.29 is 24.2 Å². The van der Waals surface area contributed by atoms with Gasteiger partial charge in [-0.25, -0.2) is 4.79 Å². The molecule has 0 fully saturated rings. The van der Waals surface area contributed by atoms with Crippen molar-refractivity contribution in [3.8, 4) is 17.0 Å². The summed E-state index contributed by atoms with van der Waals surface area (Å²) in [7, 11) is 2.38. The second-order valence-electron chi connectivity index (χ2n) is 6.18. The van der Waals surface area contributed by atoms with Gasteiger partial charge in [0.2, 0.25) is 0 Å². The van der Waals surface area contributed by atoms with Gasteiger partial charge in [0.05, 0.1) is 38.1 Å². The normalized spacial score (nSPS) is 11.7. The molecule has 3 rings (SSSR count). The summed E-state index contributed by atoms with van der Waals surface area (Å²) in [4.78, 5) is 39.1. The van der Waals surface area contributed by atoms with Crippen molar-refractivity contribution in [1.82, 2.24) is 15.2 Å². The molecule has 0 aliphatic heterocycles. The molecule has 29 heavy (non-hydrogen) atoms. The lowest BCUT2D eigenvalue weighted by atomic mass is 9.86. The van der Waals surface area contributed by atoms with Gasteiger partial charge < -0.3 is 19.6 Å². The van der Waals surface area contributed by atoms with Gasteiger partial charge in [0.1, 0.15) is 11.3 Å². The lowest BCUT2D eigenvalue weighted by Gasteiger charge is -2.18. The Bertz CT molecular complexity index is 1090. The summed E-state index contributed by atoms with van der Waals surface area (Å²) in [5.74, 6) is -2.91. The van der Waals surface area contributed by atoms with Crippen molar-refractivity contribution in [3.05, 3.63) is 69.8 Å². The summed E-state index contributed by atoms with van der Waals surface area (Å²) in [6.07, 6.45) is 2.28. The third-order valence-corrected chi connectivity index (χ3v) is 4.56. The Morgan fingerprint density at radius 1 is 1.17 bits per heavy atom. The number of carbonyl (C=O) groups is 2.